The molecule has 3 N–H and O–H groups in total. The molecule has 2 aromatic rings. The Morgan fingerprint density at radius 1 is 1.47 bits per heavy atom. The van der Waals surface area contributed by atoms with E-state index in [-0.39, 0.29) is 11.6 Å². The number of thiophene rings is 1. The zero-order valence-corrected chi connectivity index (χ0v) is 11.1. The number of carbonyl (C=O) groups excluding carboxylic acids is 1. The summed E-state index contributed by atoms with van der Waals surface area (Å²) in [7, 11) is 0. The Labute approximate surface area is 110 Å². The lowest BCUT2D eigenvalue weighted by molar-refractivity contribution is 0.0946. The van der Waals surface area contributed by atoms with E-state index in [9.17, 15) is 4.79 Å². The molecule has 2 aromatic heterocycles. The van der Waals surface area contributed by atoms with E-state index in [2.05, 4.69) is 31.2 Å². The third kappa shape index (κ3) is 3.24. The minimum absolute atomic E-state index is 0.259. The van der Waals surface area contributed by atoms with Crippen LogP contribution in [-0.4, -0.2) is 15.9 Å². The van der Waals surface area contributed by atoms with Crippen LogP contribution in [0.2, 0.25) is 0 Å². The minimum atomic E-state index is -0.262. The zero-order chi connectivity index (χ0) is 12.3. The van der Waals surface area contributed by atoms with Crippen LogP contribution in [0.1, 0.15) is 15.4 Å². The fourth-order valence-corrected chi connectivity index (χ4v) is 2.55. The molecule has 0 atom stereocenters. The number of aromatic nitrogens is 2. The second-order valence-corrected chi connectivity index (χ2v) is 5.15. The maximum Gasteiger partial charge on any atom is 0.271 e. The highest BCUT2D eigenvalue weighted by Gasteiger charge is 2.07. The number of nitrogens with zero attached hydrogens (tertiary/aromatic N) is 2. The van der Waals surface area contributed by atoms with Crippen molar-refractivity contribution in [1.29, 1.82) is 0 Å². The second kappa shape index (κ2) is 5.24. The molecule has 0 aliphatic heterocycles. The van der Waals surface area contributed by atoms with E-state index in [0.717, 1.165) is 9.35 Å². The van der Waals surface area contributed by atoms with E-state index in [4.69, 9.17) is 5.73 Å². The Bertz CT molecular complexity index is 525. The first-order valence-electron chi connectivity index (χ1n) is 4.74. The van der Waals surface area contributed by atoms with Gasteiger partial charge in [0.2, 0.25) is 0 Å². The summed E-state index contributed by atoms with van der Waals surface area (Å²) in [4.78, 5) is 20.4. The molecule has 2 rings (SSSR count). The summed E-state index contributed by atoms with van der Waals surface area (Å²) in [6, 6.07) is 1.96. The third-order valence-electron chi connectivity index (χ3n) is 1.95. The number of halogens is 1. The summed E-state index contributed by atoms with van der Waals surface area (Å²) in [6.45, 7) is 0.473. The molecule has 0 unspecified atom stereocenters. The first-order valence-corrected chi connectivity index (χ1v) is 6.41. The molecule has 1 amide bonds. The maximum absolute atomic E-state index is 11.7. The van der Waals surface area contributed by atoms with Crippen molar-refractivity contribution in [2.45, 2.75) is 6.54 Å². The molecule has 0 saturated heterocycles. The molecule has 0 spiro atoms. The molecule has 2 heterocycles. The molecule has 0 aromatic carbocycles. The Morgan fingerprint density at radius 3 is 2.88 bits per heavy atom. The van der Waals surface area contributed by atoms with E-state index in [1.54, 1.807) is 11.3 Å². The molecule has 5 nitrogen and oxygen atoms in total. The summed E-state index contributed by atoms with van der Waals surface area (Å²) in [5.74, 6) is 0.0331. The van der Waals surface area contributed by atoms with Crippen LogP contribution in [0.3, 0.4) is 0 Å². The van der Waals surface area contributed by atoms with Gasteiger partial charge in [0.25, 0.3) is 5.91 Å². The fourth-order valence-electron chi connectivity index (χ4n) is 1.16. The highest BCUT2D eigenvalue weighted by atomic mass is 79.9. The summed E-state index contributed by atoms with van der Waals surface area (Å²) >= 11 is 4.93. The van der Waals surface area contributed by atoms with Crippen LogP contribution in [0.15, 0.2) is 28.3 Å². The van der Waals surface area contributed by atoms with Crippen LogP contribution in [0.25, 0.3) is 0 Å². The van der Waals surface area contributed by atoms with Crippen LogP contribution in [0.4, 0.5) is 5.82 Å². The lowest BCUT2D eigenvalue weighted by Gasteiger charge is -2.02. The van der Waals surface area contributed by atoms with Crippen molar-refractivity contribution in [3.8, 4) is 0 Å². The van der Waals surface area contributed by atoms with Gasteiger partial charge < -0.3 is 11.1 Å². The molecule has 88 valence electrons. The molecular weight excluding hydrogens is 304 g/mol. The standard InChI is InChI=1S/C10H9BrN4OS/c11-6-1-7(17-5-6)2-15-10(16)8-3-14-9(12)4-13-8/h1,3-5H,2H2,(H2,12,14)(H,15,16). The van der Waals surface area contributed by atoms with Gasteiger partial charge in [-0.15, -0.1) is 11.3 Å². The van der Waals surface area contributed by atoms with E-state index in [1.165, 1.54) is 12.4 Å². The smallest absolute Gasteiger partial charge is 0.271 e. The lowest BCUT2D eigenvalue weighted by Crippen LogP contribution is -2.23. The zero-order valence-electron chi connectivity index (χ0n) is 8.68. The number of hydrogen-bond donors (Lipinski definition) is 2. The first kappa shape index (κ1) is 12.0. The van der Waals surface area contributed by atoms with Gasteiger partial charge in [-0.3, -0.25) is 4.79 Å². The van der Waals surface area contributed by atoms with E-state index >= 15 is 0 Å². The van der Waals surface area contributed by atoms with Gasteiger partial charge in [-0.25, -0.2) is 9.97 Å². The average Bonchev–Trinajstić information content (AvgIpc) is 2.73. The van der Waals surface area contributed by atoms with Crippen LogP contribution in [-0.2, 0) is 6.54 Å². The Balaban J connectivity index is 1.95. The Kier molecular flexibility index (Phi) is 3.70. The molecular formula is C10H9BrN4OS. The van der Waals surface area contributed by atoms with E-state index < -0.39 is 0 Å². The van der Waals surface area contributed by atoms with Gasteiger partial charge in [0.1, 0.15) is 11.5 Å². The summed E-state index contributed by atoms with van der Waals surface area (Å²) in [6.07, 6.45) is 2.71. The highest BCUT2D eigenvalue weighted by molar-refractivity contribution is 9.10. The molecule has 0 radical (unpaired) electrons. The van der Waals surface area contributed by atoms with Crippen LogP contribution >= 0.6 is 27.3 Å². The number of nitrogen functional groups attached to an aromatic ring is 1. The first-order chi connectivity index (χ1) is 8.15. The number of hydrogen-bond acceptors (Lipinski definition) is 5. The van der Waals surface area contributed by atoms with Crippen LogP contribution in [0.5, 0.6) is 0 Å². The van der Waals surface area contributed by atoms with Gasteiger partial charge in [-0.2, -0.15) is 0 Å². The van der Waals surface area contributed by atoms with Crippen LogP contribution in [0, 0.1) is 0 Å². The number of nitrogens with two attached hydrogens (primary N) is 1. The van der Waals surface area contributed by atoms with Crippen LogP contribution < -0.4 is 11.1 Å². The van der Waals surface area contributed by atoms with Gasteiger partial charge in [0.15, 0.2) is 0 Å². The SMILES string of the molecule is Nc1cnc(C(=O)NCc2cc(Br)cs2)cn1. The molecule has 0 aliphatic carbocycles. The predicted molar refractivity (Wildman–Crippen MR) is 69.6 cm³/mol. The number of anilines is 1. The largest absolute Gasteiger partial charge is 0.382 e. The quantitative estimate of drug-likeness (QED) is 0.905. The Hall–Kier alpha value is -1.47. The van der Waals surface area contributed by atoms with Crippen molar-refractivity contribution in [3.63, 3.8) is 0 Å². The third-order valence-corrected chi connectivity index (χ3v) is 3.65. The van der Waals surface area contributed by atoms with Gasteiger partial charge >= 0.3 is 0 Å². The van der Waals surface area contributed by atoms with Gasteiger partial charge in [-0.1, -0.05) is 0 Å². The number of rotatable bonds is 3. The monoisotopic (exact) mass is 312 g/mol. The van der Waals surface area contributed by atoms with Crippen molar-refractivity contribution < 1.29 is 4.79 Å². The van der Waals surface area contributed by atoms with Crippen molar-refractivity contribution in [1.82, 2.24) is 15.3 Å². The second-order valence-electron chi connectivity index (χ2n) is 3.24. The van der Waals surface area contributed by atoms with Gasteiger partial charge in [0.05, 0.1) is 18.9 Å². The topological polar surface area (TPSA) is 80.9 Å². The highest BCUT2D eigenvalue weighted by Crippen LogP contribution is 2.19. The van der Waals surface area contributed by atoms with Gasteiger partial charge in [-0.05, 0) is 22.0 Å². The molecule has 17 heavy (non-hydrogen) atoms. The fraction of sp³-hybridized carbons (Fsp3) is 0.100. The van der Waals surface area contributed by atoms with Crippen molar-refractivity contribution in [2.75, 3.05) is 5.73 Å². The molecule has 0 aliphatic rings. The molecule has 0 fully saturated rings. The van der Waals surface area contributed by atoms with Gasteiger partial charge in [0, 0.05) is 14.7 Å². The molecule has 0 saturated carbocycles. The van der Waals surface area contributed by atoms with Crippen molar-refractivity contribution in [2.24, 2.45) is 0 Å². The van der Waals surface area contributed by atoms with E-state index in [1.807, 2.05) is 11.4 Å². The van der Waals surface area contributed by atoms with Crippen molar-refractivity contribution >= 4 is 39.0 Å². The van der Waals surface area contributed by atoms with E-state index in [0.29, 0.717) is 12.4 Å². The number of nitrogens with one attached hydrogen (secondary N) is 1. The summed E-state index contributed by atoms with van der Waals surface area (Å²) in [5, 5.41) is 4.72. The number of carbonyl (C=O) groups is 1. The minimum Gasteiger partial charge on any atom is -0.382 e. The summed E-state index contributed by atoms with van der Waals surface area (Å²) in [5.41, 5.74) is 5.64. The maximum atomic E-state index is 11.7. The number of amides is 1. The lowest BCUT2D eigenvalue weighted by atomic mass is 10.4. The van der Waals surface area contributed by atoms with Crippen molar-refractivity contribution in [3.05, 3.63) is 38.9 Å². The average molecular weight is 313 g/mol. The molecule has 0 bridgehead atoms. The normalized spacial score (nSPS) is 10.2. The summed E-state index contributed by atoms with van der Waals surface area (Å²) < 4.78 is 1.01. The Morgan fingerprint density at radius 2 is 2.29 bits per heavy atom. The molecule has 7 heteroatoms. The predicted octanol–water partition coefficient (Wildman–Crippen LogP) is 1.81.